The maximum Gasteiger partial charge on any atom is 0.218 e. The molecule has 2 saturated carbocycles. The van der Waals surface area contributed by atoms with Crippen LogP contribution in [-0.4, -0.2) is 26.5 Å². The lowest BCUT2D eigenvalue weighted by atomic mass is 9.48. The van der Waals surface area contributed by atoms with Gasteiger partial charge in [0.2, 0.25) is 8.32 Å². The molecule has 5 atom stereocenters. The van der Waals surface area contributed by atoms with Crippen molar-refractivity contribution in [3.63, 3.8) is 0 Å². The highest BCUT2D eigenvalue weighted by molar-refractivity contribution is 6.84. The first kappa shape index (κ1) is 22.7. The number of hydrogen-bond acceptors (Lipinski definition) is 3. The Bertz CT molecular complexity index is 858. The molecule has 2 fully saturated rings. The van der Waals surface area contributed by atoms with Crippen molar-refractivity contribution in [2.24, 2.45) is 23.2 Å². The van der Waals surface area contributed by atoms with Crippen LogP contribution in [0, 0.1) is 23.2 Å². The van der Waals surface area contributed by atoms with Gasteiger partial charge in [0, 0.05) is 25.4 Å². The zero-order valence-electron chi connectivity index (χ0n) is 19.7. The second-order valence-electron chi connectivity index (χ2n) is 10.9. The fraction of sp³-hybridized carbons (Fsp3) is 0.630. The smallest absolute Gasteiger partial charge is 0.218 e. The summed E-state index contributed by atoms with van der Waals surface area (Å²) >= 11 is 0. The summed E-state index contributed by atoms with van der Waals surface area (Å²) in [5.41, 5.74) is 3.17. The molecule has 0 amide bonds. The zero-order valence-corrected chi connectivity index (χ0v) is 20.7. The van der Waals surface area contributed by atoms with E-state index in [0.717, 1.165) is 38.4 Å². The van der Waals surface area contributed by atoms with E-state index in [4.69, 9.17) is 4.43 Å². The molecule has 3 nitrogen and oxygen atoms in total. The molecule has 0 N–H and O–H groups in total. The van der Waals surface area contributed by atoms with Gasteiger partial charge in [-0.25, -0.2) is 0 Å². The minimum atomic E-state index is -2.10. The van der Waals surface area contributed by atoms with Crippen LogP contribution in [0.4, 0.5) is 0 Å². The van der Waals surface area contributed by atoms with Crippen LogP contribution in [0.15, 0.2) is 41.5 Å². The van der Waals surface area contributed by atoms with Crippen molar-refractivity contribution in [2.45, 2.75) is 84.4 Å². The summed E-state index contributed by atoms with van der Waals surface area (Å²) in [4.78, 5) is 23.7. The first-order chi connectivity index (χ1) is 14.8. The van der Waals surface area contributed by atoms with E-state index in [2.05, 4.69) is 57.3 Å². The van der Waals surface area contributed by atoms with Crippen LogP contribution in [0.25, 0.3) is 0 Å². The Balaban J connectivity index is 1.69. The van der Waals surface area contributed by atoms with Gasteiger partial charge in [-0.3, -0.25) is 4.79 Å². The average molecular weight is 439 g/mol. The fourth-order valence-corrected chi connectivity index (χ4v) is 9.17. The molecule has 1 aromatic carbocycles. The highest BCUT2D eigenvalue weighted by Gasteiger charge is 2.56. The third kappa shape index (κ3) is 4.26. The number of Topliss-reactive ketones (excluding diaryl/α,β-unsaturated/α-hetero) is 1. The molecule has 3 aliphatic rings. The second kappa shape index (κ2) is 8.78. The molecule has 168 valence electrons. The highest BCUT2D eigenvalue weighted by atomic mass is 28.4. The predicted octanol–water partition coefficient (Wildman–Crippen LogP) is 5.58. The van der Waals surface area contributed by atoms with Gasteiger partial charge >= 0.3 is 0 Å². The molecule has 0 unspecified atom stereocenters. The molecule has 0 spiro atoms. The van der Waals surface area contributed by atoms with Crippen LogP contribution in [0.5, 0.6) is 0 Å². The molecule has 0 bridgehead atoms. The Morgan fingerprint density at radius 3 is 2.61 bits per heavy atom. The van der Waals surface area contributed by atoms with E-state index in [0.29, 0.717) is 36.4 Å². The summed E-state index contributed by atoms with van der Waals surface area (Å²) in [6.07, 6.45) is 8.44. The molecule has 31 heavy (non-hydrogen) atoms. The Kier molecular flexibility index (Phi) is 6.42. The van der Waals surface area contributed by atoms with Crippen LogP contribution in [0.3, 0.4) is 0 Å². The van der Waals surface area contributed by atoms with Gasteiger partial charge in [-0.15, -0.1) is 0 Å². The van der Waals surface area contributed by atoms with Gasteiger partial charge in [-0.1, -0.05) is 48.4 Å². The van der Waals surface area contributed by atoms with Gasteiger partial charge in [0.15, 0.2) is 0 Å². The Labute approximate surface area is 188 Å². The number of benzene rings is 1. The number of fused-ring (bicyclic) bond motifs is 3. The SMILES string of the molecule is CC1=C(CCC=O)[C@@H]2C[C@@H](O[Si](C)(C)c3ccccc3)[C@@H]3CC(=O)CC[C@]3(C)[C@H]2CC1. The second-order valence-corrected chi connectivity index (χ2v) is 14.7. The lowest BCUT2D eigenvalue weighted by Gasteiger charge is -2.59. The number of hydrogen-bond donors (Lipinski definition) is 0. The third-order valence-corrected chi connectivity index (χ3v) is 11.4. The van der Waals surface area contributed by atoms with Gasteiger partial charge in [0.1, 0.15) is 12.1 Å². The number of ketones is 1. The van der Waals surface area contributed by atoms with E-state index in [1.165, 1.54) is 22.8 Å². The van der Waals surface area contributed by atoms with Crippen LogP contribution in [-0.2, 0) is 14.0 Å². The van der Waals surface area contributed by atoms with Crippen molar-refractivity contribution in [3.8, 4) is 0 Å². The van der Waals surface area contributed by atoms with E-state index in [1.807, 2.05) is 0 Å². The first-order valence-corrected chi connectivity index (χ1v) is 15.0. The van der Waals surface area contributed by atoms with Crippen molar-refractivity contribution in [1.29, 1.82) is 0 Å². The number of allylic oxidation sites excluding steroid dienone is 2. The minimum Gasteiger partial charge on any atom is -0.410 e. The summed E-state index contributed by atoms with van der Waals surface area (Å²) in [6.45, 7) is 9.32. The average Bonchev–Trinajstić information content (AvgIpc) is 2.74. The zero-order chi connectivity index (χ0) is 22.2. The van der Waals surface area contributed by atoms with Crippen molar-refractivity contribution in [1.82, 2.24) is 0 Å². The normalized spacial score (nSPS) is 33.6. The quantitative estimate of drug-likeness (QED) is 0.331. The van der Waals surface area contributed by atoms with E-state index < -0.39 is 8.32 Å². The monoisotopic (exact) mass is 438 g/mol. The fourth-order valence-electron chi connectivity index (χ4n) is 7.02. The summed E-state index contributed by atoms with van der Waals surface area (Å²) in [6, 6.07) is 10.7. The summed E-state index contributed by atoms with van der Waals surface area (Å²) in [7, 11) is -2.10. The number of carbonyl (C=O) groups excluding carboxylic acids is 2. The number of carbonyl (C=O) groups is 2. The van der Waals surface area contributed by atoms with Crippen molar-refractivity contribution >= 4 is 25.6 Å². The van der Waals surface area contributed by atoms with Crippen LogP contribution in [0.2, 0.25) is 13.1 Å². The van der Waals surface area contributed by atoms with E-state index >= 15 is 0 Å². The van der Waals surface area contributed by atoms with Crippen molar-refractivity contribution in [2.75, 3.05) is 0 Å². The van der Waals surface area contributed by atoms with Crippen LogP contribution < -0.4 is 5.19 Å². The Hall–Kier alpha value is -1.52. The van der Waals surface area contributed by atoms with E-state index in [1.54, 1.807) is 0 Å². The maximum absolute atomic E-state index is 12.6. The first-order valence-electron chi connectivity index (χ1n) is 12.1. The van der Waals surface area contributed by atoms with Gasteiger partial charge in [-0.2, -0.15) is 0 Å². The topological polar surface area (TPSA) is 43.4 Å². The Morgan fingerprint density at radius 2 is 1.90 bits per heavy atom. The standard InChI is InChI=1S/C27H38O3Si/c1-19-12-13-24-23(22(19)11-8-16-28)18-26(25-17-20(29)14-15-27(24,25)2)30-31(3,4)21-9-6-5-7-10-21/h5-7,9-10,16,23-26H,8,11-15,17-18H2,1-4H3/t23-,24-,25-,26+,27+/m0/s1. The van der Waals surface area contributed by atoms with Gasteiger partial charge in [-0.05, 0) is 80.5 Å². The van der Waals surface area contributed by atoms with Crippen LogP contribution in [0.1, 0.15) is 65.2 Å². The number of rotatable bonds is 6. The maximum atomic E-state index is 12.6. The summed E-state index contributed by atoms with van der Waals surface area (Å²) < 4.78 is 7.08. The molecule has 0 aromatic heterocycles. The largest absolute Gasteiger partial charge is 0.410 e. The lowest BCUT2D eigenvalue weighted by Crippen LogP contribution is -2.58. The predicted molar refractivity (Wildman–Crippen MR) is 128 cm³/mol. The third-order valence-electron chi connectivity index (χ3n) is 8.78. The summed E-state index contributed by atoms with van der Waals surface area (Å²) in [5, 5.41) is 1.32. The molecule has 3 aliphatic carbocycles. The molecule has 0 radical (unpaired) electrons. The molecule has 0 aliphatic heterocycles. The van der Waals surface area contributed by atoms with E-state index in [-0.39, 0.29) is 11.5 Å². The molecule has 4 rings (SSSR count). The molecule has 1 aromatic rings. The lowest BCUT2D eigenvalue weighted by molar-refractivity contribution is -0.140. The van der Waals surface area contributed by atoms with Crippen LogP contribution >= 0.6 is 0 Å². The molecule has 4 heteroatoms. The molecule has 0 saturated heterocycles. The van der Waals surface area contributed by atoms with Gasteiger partial charge in [0.05, 0.1) is 0 Å². The van der Waals surface area contributed by atoms with Crippen molar-refractivity contribution in [3.05, 3.63) is 41.5 Å². The number of aldehydes is 1. The van der Waals surface area contributed by atoms with E-state index in [9.17, 15) is 9.59 Å². The highest BCUT2D eigenvalue weighted by Crippen LogP contribution is 2.60. The molecular weight excluding hydrogens is 400 g/mol. The minimum absolute atomic E-state index is 0.120. The van der Waals surface area contributed by atoms with Gasteiger partial charge in [0.25, 0.3) is 0 Å². The van der Waals surface area contributed by atoms with Crippen molar-refractivity contribution < 1.29 is 14.0 Å². The van der Waals surface area contributed by atoms with Gasteiger partial charge < -0.3 is 9.22 Å². The molecule has 0 heterocycles. The summed E-state index contributed by atoms with van der Waals surface area (Å²) in [5.74, 6) is 1.83. The molecular formula is C27H38O3Si. The Morgan fingerprint density at radius 1 is 1.16 bits per heavy atom.